The summed E-state index contributed by atoms with van der Waals surface area (Å²) < 4.78 is 13.3. The second-order valence-electron chi connectivity index (χ2n) is 9.18. The number of ether oxygens (including phenoxy) is 2. The predicted molar refractivity (Wildman–Crippen MR) is 110 cm³/mol. The number of benzene rings is 1. The maximum absolute atomic E-state index is 13.0. The van der Waals surface area contributed by atoms with Crippen LogP contribution < -0.4 is 9.47 Å². The smallest absolute Gasteiger partial charge is 0.407 e. The lowest BCUT2D eigenvalue weighted by Gasteiger charge is -2.50. The molecule has 1 N–H and O–H groups in total. The predicted octanol–water partition coefficient (Wildman–Crippen LogP) is 3.77. The number of carbonyl (C=O) groups is 2. The number of amides is 1. The maximum Gasteiger partial charge on any atom is 0.407 e. The van der Waals surface area contributed by atoms with Crippen molar-refractivity contribution in [2.45, 2.75) is 51.7 Å². The molecule has 0 radical (unpaired) electrons. The second kappa shape index (κ2) is 7.04. The molecular formula is C22H27N3O5. The molecule has 2 unspecified atom stereocenters. The fourth-order valence-corrected chi connectivity index (χ4v) is 4.46. The number of rotatable bonds is 2. The molecule has 4 rings (SSSR count). The summed E-state index contributed by atoms with van der Waals surface area (Å²) in [5, 5.41) is 14.1. The number of carboxylic acid groups (broad SMARTS) is 1. The standard InChI is InChI=1S/C22H27N3O5/c1-21(2,3)18-12-22(8-9-24(18)20(27)28)11-16(26)19-17(30-22)13-25(23-19)14-6-5-7-15(10-14)29-4/h5-7,10,13,18H,8-9,11-12H2,1-4H3,(H,27,28). The number of ketones is 1. The number of likely N-dealkylation sites (tertiary alicyclic amines) is 1. The van der Waals surface area contributed by atoms with Gasteiger partial charge in [-0.15, -0.1) is 0 Å². The van der Waals surface area contributed by atoms with E-state index >= 15 is 0 Å². The molecule has 3 heterocycles. The van der Waals surface area contributed by atoms with Gasteiger partial charge in [0.2, 0.25) is 0 Å². The molecule has 1 amide bonds. The van der Waals surface area contributed by atoms with Gasteiger partial charge in [-0.2, -0.15) is 5.10 Å². The first-order valence-electron chi connectivity index (χ1n) is 10.1. The largest absolute Gasteiger partial charge is 0.497 e. The van der Waals surface area contributed by atoms with Crippen LogP contribution >= 0.6 is 0 Å². The van der Waals surface area contributed by atoms with Crippen LogP contribution in [0.25, 0.3) is 5.69 Å². The van der Waals surface area contributed by atoms with Crippen molar-refractivity contribution in [3.63, 3.8) is 0 Å². The topological polar surface area (TPSA) is 93.9 Å². The average Bonchev–Trinajstić information content (AvgIpc) is 3.11. The molecule has 2 aromatic rings. The molecule has 2 aliphatic rings. The van der Waals surface area contributed by atoms with E-state index in [-0.39, 0.29) is 23.7 Å². The molecule has 1 spiro atoms. The van der Waals surface area contributed by atoms with Crippen LogP contribution in [-0.4, -0.2) is 57.0 Å². The maximum atomic E-state index is 13.0. The van der Waals surface area contributed by atoms with E-state index in [9.17, 15) is 14.7 Å². The number of fused-ring (bicyclic) bond motifs is 1. The first-order valence-corrected chi connectivity index (χ1v) is 10.1. The number of methoxy groups -OCH3 is 1. The number of carbonyl (C=O) groups excluding carboxylic acids is 1. The van der Waals surface area contributed by atoms with E-state index in [0.29, 0.717) is 36.6 Å². The summed E-state index contributed by atoms with van der Waals surface area (Å²) >= 11 is 0. The highest BCUT2D eigenvalue weighted by molar-refractivity contribution is 5.98. The number of aromatic nitrogens is 2. The highest BCUT2D eigenvalue weighted by Crippen LogP contribution is 2.44. The Hall–Kier alpha value is -3.03. The molecule has 160 valence electrons. The van der Waals surface area contributed by atoms with Crippen molar-refractivity contribution in [3.8, 4) is 17.2 Å². The zero-order chi connectivity index (χ0) is 21.7. The number of Topliss-reactive ketones (excluding diaryl/α,β-unsaturated/α-hetero) is 1. The van der Waals surface area contributed by atoms with Gasteiger partial charge in [-0.05, 0) is 17.5 Å². The molecule has 30 heavy (non-hydrogen) atoms. The van der Waals surface area contributed by atoms with E-state index in [2.05, 4.69) is 5.10 Å². The summed E-state index contributed by atoms with van der Waals surface area (Å²) in [4.78, 5) is 26.2. The number of piperidine rings is 1. The lowest BCUT2D eigenvalue weighted by molar-refractivity contribution is -0.0522. The van der Waals surface area contributed by atoms with Gasteiger partial charge in [-0.3, -0.25) is 4.79 Å². The molecule has 1 fully saturated rings. The lowest BCUT2D eigenvalue weighted by Crippen LogP contribution is -2.59. The fourth-order valence-electron chi connectivity index (χ4n) is 4.46. The van der Waals surface area contributed by atoms with Gasteiger partial charge in [0.1, 0.15) is 11.4 Å². The molecule has 2 atom stereocenters. The van der Waals surface area contributed by atoms with Crippen LogP contribution in [0.1, 0.15) is 50.5 Å². The Bertz CT molecular complexity index is 993. The quantitative estimate of drug-likeness (QED) is 0.805. The first kappa shape index (κ1) is 20.3. The normalized spacial score (nSPS) is 23.8. The summed E-state index contributed by atoms with van der Waals surface area (Å²) in [5.41, 5.74) is 0.0957. The second-order valence-corrected chi connectivity index (χ2v) is 9.18. The Morgan fingerprint density at radius 3 is 2.80 bits per heavy atom. The van der Waals surface area contributed by atoms with Gasteiger partial charge in [0, 0.05) is 31.5 Å². The third kappa shape index (κ3) is 3.51. The van der Waals surface area contributed by atoms with Crippen molar-refractivity contribution in [2.24, 2.45) is 5.41 Å². The lowest BCUT2D eigenvalue weighted by atomic mass is 9.72. The Kier molecular flexibility index (Phi) is 4.75. The van der Waals surface area contributed by atoms with Crippen LogP contribution in [-0.2, 0) is 0 Å². The number of nitrogens with zero attached hydrogens (tertiary/aromatic N) is 3. The molecule has 8 heteroatoms. The monoisotopic (exact) mass is 413 g/mol. The van der Waals surface area contributed by atoms with E-state index in [1.807, 2.05) is 45.0 Å². The van der Waals surface area contributed by atoms with E-state index in [4.69, 9.17) is 9.47 Å². The molecule has 1 aromatic heterocycles. The minimum Gasteiger partial charge on any atom is -0.497 e. The summed E-state index contributed by atoms with van der Waals surface area (Å²) in [6, 6.07) is 7.16. The molecule has 0 saturated carbocycles. The molecular weight excluding hydrogens is 386 g/mol. The number of hydrogen-bond acceptors (Lipinski definition) is 5. The van der Waals surface area contributed by atoms with Crippen molar-refractivity contribution < 1.29 is 24.2 Å². The van der Waals surface area contributed by atoms with E-state index in [0.717, 1.165) is 5.69 Å². The molecule has 1 saturated heterocycles. The Morgan fingerprint density at radius 1 is 1.37 bits per heavy atom. The zero-order valence-corrected chi connectivity index (χ0v) is 17.7. The number of hydrogen-bond donors (Lipinski definition) is 1. The Balaban J connectivity index is 1.65. The van der Waals surface area contributed by atoms with Crippen molar-refractivity contribution in [3.05, 3.63) is 36.2 Å². The zero-order valence-electron chi connectivity index (χ0n) is 17.7. The molecule has 0 bridgehead atoms. The van der Waals surface area contributed by atoms with Gasteiger partial charge in [0.05, 0.1) is 25.4 Å². The first-order chi connectivity index (χ1) is 14.1. The third-order valence-electron chi connectivity index (χ3n) is 6.07. The van der Waals surface area contributed by atoms with Crippen LogP contribution in [0.3, 0.4) is 0 Å². The van der Waals surface area contributed by atoms with Crippen molar-refractivity contribution in [1.29, 1.82) is 0 Å². The molecule has 8 nitrogen and oxygen atoms in total. The summed E-state index contributed by atoms with van der Waals surface area (Å²) in [7, 11) is 1.60. The highest BCUT2D eigenvalue weighted by atomic mass is 16.5. The summed E-state index contributed by atoms with van der Waals surface area (Å²) in [6.07, 6.45) is 1.94. The minimum atomic E-state index is -0.932. The van der Waals surface area contributed by atoms with Crippen molar-refractivity contribution >= 4 is 11.9 Å². The van der Waals surface area contributed by atoms with Gasteiger partial charge in [-0.1, -0.05) is 26.8 Å². The van der Waals surface area contributed by atoms with E-state index in [1.165, 1.54) is 4.90 Å². The van der Waals surface area contributed by atoms with Gasteiger partial charge in [0.25, 0.3) is 0 Å². The van der Waals surface area contributed by atoms with Crippen LogP contribution in [0, 0.1) is 5.41 Å². The van der Waals surface area contributed by atoms with Crippen LogP contribution in [0.5, 0.6) is 11.5 Å². The van der Waals surface area contributed by atoms with Gasteiger partial charge < -0.3 is 19.5 Å². The highest BCUT2D eigenvalue weighted by Gasteiger charge is 2.51. The molecule has 1 aromatic carbocycles. The van der Waals surface area contributed by atoms with Crippen LogP contribution in [0.2, 0.25) is 0 Å². The summed E-state index contributed by atoms with van der Waals surface area (Å²) in [5.74, 6) is 1.07. The summed E-state index contributed by atoms with van der Waals surface area (Å²) in [6.45, 7) is 6.39. The Morgan fingerprint density at radius 2 is 2.13 bits per heavy atom. The molecule has 2 aliphatic heterocycles. The van der Waals surface area contributed by atoms with Gasteiger partial charge >= 0.3 is 6.09 Å². The van der Waals surface area contributed by atoms with E-state index < -0.39 is 11.7 Å². The minimum absolute atomic E-state index is 0.0747. The molecule has 0 aliphatic carbocycles. The van der Waals surface area contributed by atoms with Gasteiger partial charge in [-0.25, -0.2) is 9.48 Å². The van der Waals surface area contributed by atoms with Crippen molar-refractivity contribution in [2.75, 3.05) is 13.7 Å². The van der Waals surface area contributed by atoms with E-state index in [1.54, 1.807) is 18.0 Å². The third-order valence-corrected chi connectivity index (χ3v) is 6.07. The SMILES string of the molecule is COc1cccc(-n2cc3c(n2)C(=O)CC2(CCN(C(=O)O)C(C(C)(C)C)C2)O3)c1. The Labute approximate surface area is 175 Å². The fraction of sp³-hybridized carbons (Fsp3) is 0.500. The van der Waals surface area contributed by atoms with Gasteiger partial charge in [0.15, 0.2) is 17.2 Å². The van der Waals surface area contributed by atoms with Crippen LogP contribution in [0.15, 0.2) is 30.5 Å². The van der Waals surface area contributed by atoms with Crippen molar-refractivity contribution in [1.82, 2.24) is 14.7 Å². The van der Waals surface area contributed by atoms with Crippen LogP contribution in [0.4, 0.5) is 4.79 Å². The average molecular weight is 413 g/mol.